The maximum atomic E-state index is 13.9. The first-order chi connectivity index (χ1) is 20.3. The molecular formula is C38H39NO4. The Hall–Kier alpha value is -4.38. The molecule has 1 heterocycles. The summed E-state index contributed by atoms with van der Waals surface area (Å²) in [7, 11) is 0. The van der Waals surface area contributed by atoms with Gasteiger partial charge in [-0.2, -0.15) is 0 Å². The third-order valence-corrected chi connectivity index (χ3v) is 10.1. The van der Waals surface area contributed by atoms with Crippen LogP contribution in [0, 0.1) is 55.4 Å². The maximum Gasteiger partial charge on any atom is 0.266 e. The van der Waals surface area contributed by atoms with Gasteiger partial charge in [0.25, 0.3) is 11.8 Å². The highest BCUT2D eigenvalue weighted by atomic mass is 16.2. The van der Waals surface area contributed by atoms with E-state index in [1.807, 2.05) is 100 Å². The van der Waals surface area contributed by atoms with Gasteiger partial charge in [0, 0.05) is 17.0 Å². The van der Waals surface area contributed by atoms with E-state index in [1.165, 1.54) is 4.90 Å². The van der Waals surface area contributed by atoms with Crippen molar-refractivity contribution in [2.24, 2.45) is 0 Å². The fourth-order valence-corrected chi connectivity index (χ4v) is 7.04. The molecule has 0 radical (unpaired) electrons. The number of benzene rings is 3. The summed E-state index contributed by atoms with van der Waals surface area (Å²) in [6.45, 7) is 21.5. The Morgan fingerprint density at radius 3 is 1.42 bits per heavy atom. The molecule has 5 heteroatoms. The lowest BCUT2D eigenvalue weighted by Crippen LogP contribution is -2.31. The molecule has 1 unspecified atom stereocenters. The number of Topliss-reactive ketones (excluding diaryl/α,β-unsaturated/α-hetero) is 2. The molecule has 0 N–H and O–H groups in total. The van der Waals surface area contributed by atoms with Crippen LogP contribution in [0.15, 0.2) is 35.4 Å². The Balaban J connectivity index is 0.00000180. The number of carbonyl (C=O) groups excluding carboxylic acids is 4. The number of hydrogen-bond donors (Lipinski definition) is 0. The maximum absolute atomic E-state index is 13.9. The predicted octanol–water partition coefficient (Wildman–Crippen LogP) is 8.49. The minimum absolute atomic E-state index is 0.181. The zero-order valence-electron chi connectivity index (χ0n) is 27.0. The second kappa shape index (κ2) is 10.4. The van der Waals surface area contributed by atoms with E-state index in [0.717, 1.165) is 55.6 Å². The van der Waals surface area contributed by atoms with Crippen molar-refractivity contribution in [1.29, 1.82) is 0 Å². The molecule has 220 valence electrons. The van der Waals surface area contributed by atoms with Gasteiger partial charge < -0.3 is 0 Å². The number of ketones is 2. The monoisotopic (exact) mass is 573 g/mol. The van der Waals surface area contributed by atoms with Crippen LogP contribution in [0.2, 0.25) is 0 Å². The number of nitrogens with zero attached hydrogens (tertiary/aromatic N) is 1. The minimum atomic E-state index is -0.402. The molecule has 0 fully saturated rings. The Morgan fingerprint density at radius 1 is 0.558 bits per heavy atom. The third-order valence-electron chi connectivity index (χ3n) is 10.1. The summed E-state index contributed by atoms with van der Waals surface area (Å²) in [4.78, 5) is 57.0. The first-order valence-corrected chi connectivity index (χ1v) is 15.0. The van der Waals surface area contributed by atoms with Crippen LogP contribution in [-0.4, -0.2) is 23.4 Å². The number of allylic oxidation sites excluding steroid dienone is 3. The van der Waals surface area contributed by atoms with E-state index in [4.69, 9.17) is 0 Å². The molecule has 0 saturated heterocycles. The van der Waals surface area contributed by atoms with Crippen LogP contribution in [0.5, 0.6) is 0 Å². The normalized spacial score (nSPS) is 16.9. The molecule has 0 aromatic heterocycles. The fraction of sp³-hybridized carbons (Fsp3) is 0.316. The average molecular weight is 574 g/mol. The summed E-state index contributed by atoms with van der Waals surface area (Å²) in [5.74, 6) is -1.58. The van der Waals surface area contributed by atoms with Gasteiger partial charge in [-0.3, -0.25) is 19.2 Å². The first kappa shape index (κ1) is 30.1. The summed E-state index contributed by atoms with van der Waals surface area (Å²) in [5, 5.41) is 0. The SMILES string of the molecule is CC.Cc1c(C)c(C)c2c(c1C)C(=O)C(=C1C=Cc3cccc(N4C(=O)c5c(C)c(C)c(C)c(C)c5C4=O)c3C1C)C2=O. The molecule has 2 amide bonds. The topological polar surface area (TPSA) is 71.5 Å². The molecule has 43 heavy (non-hydrogen) atoms. The molecule has 0 saturated carbocycles. The summed E-state index contributed by atoms with van der Waals surface area (Å²) < 4.78 is 0. The van der Waals surface area contributed by atoms with Crippen molar-refractivity contribution in [3.05, 3.63) is 113 Å². The molecule has 1 atom stereocenters. The molecular weight excluding hydrogens is 534 g/mol. The van der Waals surface area contributed by atoms with Crippen LogP contribution in [0.4, 0.5) is 5.69 Å². The van der Waals surface area contributed by atoms with Crippen molar-refractivity contribution >= 4 is 35.1 Å². The molecule has 2 aliphatic carbocycles. The van der Waals surface area contributed by atoms with E-state index in [2.05, 4.69) is 0 Å². The Bertz CT molecular complexity index is 1800. The van der Waals surface area contributed by atoms with Gasteiger partial charge in [0.15, 0.2) is 11.6 Å². The van der Waals surface area contributed by atoms with Gasteiger partial charge >= 0.3 is 0 Å². The highest BCUT2D eigenvalue weighted by Gasteiger charge is 2.44. The largest absolute Gasteiger partial charge is 0.288 e. The molecule has 0 spiro atoms. The Morgan fingerprint density at radius 2 is 0.977 bits per heavy atom. The van der Waals surface area contributed by atoms with Crippen LogP contribution in [0.25, 0.3) is 6.08 Å². The number of imide groups is 1. The van der Waals surface area contributed by atoms with Crippen LogP contribution in [0.3, 0.4) is 0 Å². The summed E-state index contributed by atoms with van der Waals surface area (Å²) >= 11 is 0. The second-order valence-corrected chi connectivity index (χ2v) is 11.8. The highest BCUT2D eigenvalue weighted by Crippen LogP contribution is 2.46. The number of carbonyl (C=O) groups is 4. The van der Waals surface area contributed by atoms with E-state index in [0.29, 0.717) is 33.5 Å². The average Bonchev–Trinajstić information content (AvgIpc) is 3.41. The van der Waals surface area contributed by atoms with Gasteiger partial charge in [-0.1, -0.05) is 45.1 Å². The molecule has 1 aliphatic heterocycles. The van der Waals surface area contributed by atoms with Crippen molar-refractivity contribution in [2.45, 2.75) is 82.1 Å². The van der Waals surface area contributed by atoms with Crippen LogP contribution < -0.4 is 4.90 Å². The molecule has 5 nitrogen and oxygen atoms in total. The predicted molar refractivity (Wildman–Crippen MR) is 173 cm³/mol. The van der Waals surface area contributed by atoms with Gasteiger partial charge in [0.05, 0.1) is 22.4 Å². The fourth-order valence-electron chi connectivity index (χ4n) is 7.04. The van der Waals surface area contributed by atoms with E-state index in [9.17, 15) is 19.2 Å². The number of rotatable bonds is 1. The van der Waals surface area contributed by atoms with Gasteiger partial charge in [-0.15, -0.1) is 0 Å². The highest BCUT2D eigenvalue weighted by molar-refractivity contribution is 6.41. The summed E-state index contributed by atoms with van der Waals surface area (Å²) in [6.07, 6.45) is 3.73. The summed E-state index contributed by atoms with van der Waals surface area (Å²) in [6, 6.07) is 5.56. The Labute approximate surface area is 254 Å². The van der Waals surface area contributed by atoms with E-state index in [-0.39, 0.29) is 29.0 Å². The number of amides is 2. The van der Waals surface area contributed by atoms with Crippen LogP contribution in [0.1, 0.15) is 124 Å². The molecule has 6 rings (SSSR count). The van der Waals surface area contributed by atoms with Crippen molar-refractivity contribution < 1.29 is 19.2 Å². The van der Waals surface area contributed by atoms with Crippen LogP contribution >= 0.6 is 0 Å². The second-order valence-electron chi connectivity index (χ2n) is 11.8. The van der Waals surface area contributed by atoms with E-state index in [1.54, 1.807) is 6.07 Å². The van der Waals surface area contributed by atoms with Gasteiger partial charge in [-0.05, 0) is 123 Å². The molecule has 0 bridgehead atoms. The van der Waals surface area contributed by atoms with E-state index >= 15 is 0 Å². The van der Waals surface area contributed by atoms with Crippen molar-refractivity contribution in [3.8, 4) is 0 Å². The molecule has 3 aromatic carbocycles. The summed E-state index contributed by atoms with van der Waals surface area (Å²) in [5.41, 5.74) is 12.2. The zero-order valence-corrected chi connectivity index (χ0v) is 27.0. The lowest BCUT2D eigenvalue weighted by molar-refractivity contribution is 0.0921. The van der Waals surface area contributed by atoms with Crippen molar-refractivity contribution in [1.82, 2.24) is 0 Å². The number of anilines is 1. The quantitative estimate of drug-likeness (QED) is 0.166. The molecule has 3 aliphatic rings. The minimum Gasteiger partial charge on any atom is -0.288 e. The van der Waals surface area contributed by atoms with Crippen molar-refractivity contribution in [2.75, 3.05) is 4.90 Å². The van der Waals surface area contributed by atoms with Gasteiger partial charge in [0.1, 0.15) is 0 Å². The van der Waals surface area contributed by atoms with Gasteiger partial charge in [-0.25, -0.2) is 4.90 Å². The first-order valence-electron chi connectivity index (χ1n) is 15.0. The van der Waals surface area contributed by atoms with Gasteiger partial charge in [0.2, 0.25) is 0 Å². The number of hydrogen-bond acceptors (Lipinski definition) is 4. The van der Waals surface area contributed by atoms with Crippen LogP contribution in [-0.2, 0) is 0 Å². The molecule has 3 aromatic rings. The van der Waals surface area contributed by atoms with Crippen molar-refractivity contribution in [3.63, 3.8) is 0 Å². The lowest BCUT2D eigenvalue weighted by Gasteiger charge is -2.28. The zero-order chi connectivity index (χ0) is 31.8. The lowest BCUT2D eigenvalue weighted by atomic mass is 9.80. The smallest absolute Gasteiger partial charge is 0.266 e. The standard InChI is InChI=1S/C36H33NO4.C2H6/c1-15-16(2)20(6)29-28(19(15)5)33(38)32(34(29)39)25-14-13-24-11-10-12-26(27(24)23(25)9)37-35(40)30-21(7)17(3)18(4)22(8)31(30)36(37)41;1-2/h10-14,23H,1-9H3;1-2H3. The van der Waals surface area contributed by atoms with E-state index < -0.39 is 5.92 Å². The Kier molecular flexibility index (Phi) is 7.28. The third kappa shape index (κ3) is 3.90. The number of fused-ring (bicyclic) bond motifs is 3.